The van der Waals surface area contributed by atoms with Crippen LogP contribution in [0.15, 0.2) is 78.0 Å². The van der Waals surface area contributed by atoms with Crippen molar-refractivity contribution in [1.82, 2.24) is 28.9 Å². The Morgan fingerprint density at radius 3 is 2.65 bits per heavy atom. The second-order valence-corrected chi connectivity index (χ2v) is 14.5. The van der Waals surface area contributed by atoms with E-state index in [0.717, 1.165) is 37.3 Å². The van der Waals surface area contributed by atoms with Crippen molar-refractivity contribution in [2.24, 2.45) is 13.0 Å². The second-order valence-electron chi connectivity index (χ2n) is 13.3. The Labute approximate surface area is 284 Å². The van der Waals surface area contributed by atoms with Crippen molar-refractivity contribution in [3.05, 3.63) is 99.7 Å². The molecule has 0 saturated carbocycles. The molecule has 2 saturated heterocycles. The van der Waals surface area contributed by atoms with Gasteiger partial charge in [-0.1, -0.05) is 30.3 Å². The molecule has 250 valence electrons. The minimum atomic E-state index is -1.08. The van der Waals surface area contributed by atoms with E-state index in [-0.39, 0.29) is 29.8 Å². The molecule has 10 nitrogen and oxygen atoms in total. The number of nitrogens with zero attached hydrogens (tertiary/aromatic N) is 6. The number of aromatic nitrogens is 4. The Kier molecular flexibility index (Phi) is 8.93. The normalized spacial score (nSPS) is 19.9. The fourth-order valence-corrected chi connectivity index (χ4v) is 8.40. The average Bonchev–Trinajstić information content (AvgIpc) is 3.73. The van der Waals surface area contributed by atoms with E-state index in [1.165, 1.54) is 26.2 Å². The third kappa shape index (κ3) is 6.54. The molecule has 6 heterocycles. The van der Waals surface area contributed by atoms with Crippen LogP contribution in [0.2, 0.25) is 0 Å². The fourth-order valence-electron chi connectivity index (χ4n) is 7.37. The molecule has 0 bridgehead atoms. The van der Waals surface area contributed by atoms with Gasteiger partial charge in [0, 0.05) is 72.8 Å². The van der Waals surface area contributed by atoms with Crippen LogP contribution in [-0.4, -0.2) is 78.8 Å². The van der Waals surface area contributed by atoms with E-state index in [1.807, 2.05) is 41.8 Å². The molecule has 0 aliphatic carbocycles. The van der Waals surface area contributed by atoms with Gasteiger partial charge in [-0.05, 0) is 68.1 Å². The summed E-state index contributed by atoms with van der Waals surface area (Å²) in [4.78, 5) is 43.0. The van der Waals surface area contributed by atoms with Crippen molar-refractivity contribution in [1.29, 1.82) is 0 Å². The number of rotatable bonds is 8. The number of ether oxygens (including phenoxy) is 1. The number of pyridine rings is 1. The fraction of sp³-hybridized carbons (Fsp3) is 0.405. The minimum Gasteiger partial charge on any atom is -0.481 e. The van der Waals surface area contributed by atoms with Gasteiger partial charge in [0.05, 0.1) is 24.6 Å². The van der Waals surface area contributed by atoms with E-state index in [0.29, 0.717) is 42.8 Å². The first-order valence-corrected chi connectivity index (χ1v) is 17.4. The second kappa shape index (κ2) is 13.3. The smallest absolute Gasteiger partial charge is 0.262 e. The van der Waals surface area contributed by atoms with Crippen LogP contribution in [0.3, 0.4) is 0 Å². The molecule has 11 heteroatoms. The number of hydrogen-bond acceptors (Lipinski definition) is 8. The summed E-state index contributed by atoms with van der Waals surface area (Å²) in [7, 11) is 3.50. The number of methoxy groups -OCH3 is 1. The van der Waals surface area contributed by atoms with Gasteiger partial charge in [0.15, 0.2) is 0 Å². The van der Waals surface area contributed by atoms with Crippen LogP contribution in [0, 0.1) is 12.8 Å². The van der Waals surface area contributed by atoms with Gasteiger partial charge in [0.25, 0.3) is 5.56 Å². The number of carbonyl (C=O) groups excluding carboxylic acids is 1. The minimum absolute atomic E-state index is 0.0713. The Morgan fingerprint density at radius 1 is 1.08 bits per heavy atom. The number of fused-ring (bicyclic) bond motifs is 1. The van der Waals surface area contributed by atoms with Gasteiger partial charge in [0.2, 0.25) is 11.8 Å². The number of aryl methyl sites for hydroxylation is 2. The molecular weight excluding hydrogens is 625 g/mol. The van der Waals surface area contributed by atoms with Crippen LogP contribution in [-0.2, 0) is 24.9 Å². The van der Waals surface area contributed by atoms with Gasteiger partial charge < -0.3 is 19.3 Å². The monoisotopic (exact) mass is 666 g/mol. The Balaban J connectivity index is 1.02. The van der Waals surface area contributed by atoms with Crippen molar-refractivity contribution in [2.75, 3.05) is 33.3 Å². The largest absolute Gasteiger partial charge is 0.481 e. The maximum Gasteiger partial charge on any atom is 0.262 e. The molecule has 2 atom stereocenters. The van der Waals surface area contributed by atoms with Crippen LogP contribution < -0.4 is 10.3 Å². The zero-order valence-electron chi connectivity index (χ0n) is 27.7. The molecule has 48 heavy (non-hydrogen) atoms. The lowest BCUT2D eigenvalue weighted by molar-refractivity contribution is -0.142. The number of hydrogen-bond donors (Lipinski definition) is 1. The molecule has 5 aromatic rings. The quantitative estimate of drug-likeness (QED) is 0.253. The number of aliphatic hydroxyl groups is 1. The molecule has 1 amide bonds. The SMILES string of the molecule is COc1cc(-c2ccc(CN3CC[C@@H](C(=O)N4CCC(O)(Cn5cnc6c(ccn6C)c5=O)CC4)[C@H](c4ccccc4)C3)s2)cc(C)n1. The summed E-state index contributed by atoms with van der Waals surface area (Å²) < 4.78 is 8.71. The molecule has 2 aliphatic rings. The highest BCUT2D eigenvalue weighted by Crippen LogP contribution is 2.37. The summed E-state index contributed by atoms with van der Waals surface area (Å²) in [5.74, 6) is 0.722. The highest BCUT2D eigenvalue weighted by Gasteiger charge is 2.41. The number of amides is 1. The van der Waals surface area contributed by atoms with E-state index < -0.39 is 5.60 Å². The number of carbonyl (C=O) groups is 1. The predicted molar refractivity (Wildman–Crippen MR) is 187 cm³/mol. The van der Waals surface area contributed by atoms with Crippen molar-refractivity contribution < 1.29 is 14.6 Å². The summed E-state index contributed by atoms with van der Waals surface area (Å²) >= 11 is 1.79. The average molecular weight is 667 g/mol. The molecule has 7 rings (SSSR count). The predicted octanol–water partition coefficient (Wildman–Crippen LogP) is 4.83. The highest BCUT2D eigenvalue weighted by molar-refractivity contribution is 7.15. The first kappa shape index (κ1) is 32.2. The van der Waals surface area contributed by atoms with Crippen LogP contribution >= 0.6 is 11.3 Å². The van der Waals surface area contributed by atoms with Gasteiger partial charge in [-0.3, -0.25) is 19.1 Å². The highest BCUT2D eigenvalue weighted by atomic mass is 32.1. The Hall–Kier alpha value is -4.32. The summed E-state index contributed by atoms with van der Waals surface area (Å²) in [5, 5.41) is 12.0. The summed E-state index contributed by atoms with van der Waals surface area (Å²) in [6.45, 7) is 5.53. The first-order chi connectivity index (χ1) is 23.2. The van der Waals surface area contributed by atoms with E-state index in [4.69, 9.17) is 4.74 Å². The van der Waals surface area contributed by atoms with Gasteiger partial charge in [-0.15, -0.1) is 11.3 Å². The van der Waals surface area contributed by atoms with Gasteiger partial charge in [-0.25, -0.2) is 9.97 Å². The Bertz CT molecular complexity index is 1980. The molecule has 0 spiro atoms. The lowest BCUT2D eigenvalue weighted by Crippen LogP contribution is -2.53. The zero-order valence-corrected chi connectivity index (χ0v) is 28.5. The molecule has 1 N–H and O–H groups in total. The maximum atomic E-state index is 14.2. The van der Waals surface area contributed by atoms with Crippen molar-refractivity contribution >= 4 is 28.3 Å². The number of likely N-dealkylation sites (tertiary alicyclic amines) is 2. The van der Waals surface area contributed by atoms with E-state index in [1.54, 1.807) is 24.5 Å². The van der Waals surface area contributed by atoms with Gasteiger partial charge >= 0.3 is 0 Å². The van der Waals surface area contributed by atoms with Gasteiger partial charge in [0.1, 0.15) is 12.0 Å². The van der Waals surface area contributed by atoms with Crippen LogP contribution in [0.4, 0.5) is 0 Å². The first-order valence-electron chi connectivity index (χ1n) is 16.6. The van der Waals surface area contributed by atoms with E-state index in [2.05, 4.69) is 57.3 Å². The van der Waals surface area contributed by atoms with Gasteiger partial charge in [-0.2, -0.15) is 0 Å². The summed E-state index contributed by atoms with van der Waals surface area (Å²) in [6.07, 6.45) is 4.94. The van der Waals surface area contributed by atoms with Crippen LogP contribution in [0.25, 0.3) is 21.5 Å². The Morgan fingerprint density at radius 2 is 1.88 bits per heavy atom. The molecule has 0 unspecified atom stereocenters. The third-order valence-corrected chi connectivity index (χ3v) is 11.1. The van der Waals surface area contributed by atoms with Crippen LogP contribution in [0.5, 0.6) is 5.88 Å². The topological polar surface area (TPSA) is 106 Å². The standard InChI is InChI=1S/C37H42N6O4S/c1-25-19-27(20-33(39-25)47-3)32-10-9-28(48-32)21-41-16-12-29(31(22-41)26-7-5-4-6-8-26)35(44)42-17-13-37(46,14-18-42)23-43-24-38-34-30(36(43)45)11-15-40(34)2/h4-11,15,19-20,24,29,31,46H,12-14,16-18,21-23H2,1-3H3/t29-,31+/m1/s1. The molecule has 2 fully saturated rings. The lowest BCUT2D eigenvalue weighted by atomic mass is 9.79. The lowest BCUT2D eigenvalue weighted by Gasteiger charge is -2.43. The number of benzene rings is 1. The third-order valence-electron chi connectivity index (χ3n) is 10.0. The molecule has 2 aliphatic heterocycles. The number of piperidine rings is 2. The summed E-state index contributed by atoms with van der Waals surface area (Å²) in [5.41, 5.74) is 2.61. The molecule has 0 radical (unpaired) electrons. The van der Waals surface area contributed by atoms with Crippen LogP contribution in [0.1, 0.15) is 41.3 Å². The molecular formula is C37H42N6O4S. The summed E-state index contributed by atoms with van der Waals surface area (Å²) in [6, 6.07) is 20.6. The number of thiophene rings is 1. The van der Waals surface area contributed by atoms with Crippen molar-refractivity contribution in [3.63, 3.8) is 0 Å². The molecule has 4 aromatic heterocycles. The molecule has 1 aromatic carbocycles. The van der Waals surface area contributed by atoms with Crippen molar-refractivity contribution in [3.8, 4) is 16.3 Å². The van der Waals surface area contributed by atoms with E-state index in [9.17, 15) is 14.7 Å². The zero-order chi connectivity index (χ0) is 33.4. The maximum absolute atomic E-state index is 14.2. The van der Waals surface area contributed by atoms with E-state index >= 15 is 0 Å². The van der Waals surface area contributed by atoms with Crippen molar-refractivity contribution in [2.45, 2.75) is 50.8 Å².